The Morgan fingerprint density at radius 1 is 0.490 bits per heavy atom. The maximum absolute atomic E-state index is 13.6. The van der Waals surface area contributed by atoms with Crippen molar-refractivity contribution in [3.05, 3.63) is 82.4 Å². The van der Waals surface area contributed by atoms with Crippen LogP contribution >= 0.6 is 0 Å². The highest BCUT2D eigenvalue weighted by atomic mass is 16.2. The molecule has 7 aliphatic heterocycles. The van der Waals surface area contributed by atoms with Crippen LogP contribution in [0.25, 0.3) is 33.0 Å². The van der Waals surface area contributed by atoms with Crippen molar-refractivity contribution < 1.29 is 19.2 Å². The van der Waals surface area contributed by atoms with Crippen molar-refractivity contribution in [2.75, 3.05) is 26.2 Å². The summed E-state index contributed by atoms with van der Waals surface area (Å²) in [5.41, 5.74) is 7.66. The second kappa shape index (κ2) is 12.9. The normalized spacial score (nSPS) is 23.5. The first kappa shape index (κ1) is 31.8. The van der Waals surface area contributed by atoms with Gasteiger partial charge in [-0.05, 0) is 75.3 Å². The van der Waals surface area contributed by atoms with Crippen molar-refractivity contribution in [1.29, 1.82) is 0 Å². The molecule has 11 rings (SSSR count). The summed E-state index contributed by atoms with van der Waals surface area (Å²) in [5, 5.41) is 7.22. The third kappa shape index (κ3) is 5.56. The number of carbonyl (C=O) groups excluding carboxylic acids is 4. The largest absolute Gasteiger partial charge is 0.366 e. The lowest BCUT2D eigenvalue weighted by molar-refractivity contribution is -0.126. The minimum absolute atomic E-state index is 0.288. The maximum Gasteiger partial charge on any atom is 0.275 e. The average Bonchev–Trinajstić information content (AvgIpc) is 3.85. The number of hydrogen-bond acceptors (Lipinski definition) is 6. The minimum atomic E-state index is -0.311. The van der Waals surface area contributed by atoms with Gasteiger partial charge in [0.25, 0.3) is 23.6 Å². The van der Waals surface area contributed by atoms with E-state index in [9.17, 15) is 19.2 Å². The molecule has 2 aromatic carbocycles. The Hall–Kier alpha value is -5.12. The molecular formula is C41H44N6O4. The fourth-order valence-corrected chi connectivity index (χ4v) is 9.44. The SMILES string of the molecule is O=C1NC(=O)C2=C1c1c([nH]c3ccccc13)CCCCCc1[nH]c3ccccc3c1C1=C(C(=O)NC1=O)N1CCC(CCC3CCN2CC3)CC1. The van der Waals surface area contributed by atoms with Gasteiger partial charge in [-0.3, -0.25) is 29.8 Å². The Morgan fingerprint density at radius 3 is 1.33 bits per heavy atom. The Morgan fingerprint density at radius 2 is 0.902 bits per heavy atom. The van der Waals surface area contributed by atoms with Crippen LogP contribution in [0.4, 0.5) is 0 Å². The van der Waals surface area contributed by atoms with Gasteiger partial charge in [-0.2, -0.15) is 0 Å². The van der Waals surface area contributed by atoms with Crippen LogP contribution in [-0.2, 0) is 32.0 Å². The molecule has 4 aromatic rings. The third-order valence-electron chi connectivity index (χ3n) is 12.1. The van der Waals surface area contributed by atoms with Gasteiger partial charge < -0.3 is 19.8 Å². The van der Waals surface area contributed by atoms with Gasteiger partial charge in [-0.25, -0.2) is 0 Å². The van der Waals surface area contributed by atoms with Crippen LogP contribution in [-0.4, -0.2) is 69.6 Å². The number of nitrogens with one attached hydrogen (secondary N) is 4. The molecule has 4 N–H and O–H groups in total. The van der Waals surface area contributed by atoms with Crippen LogP contribution in [0.2, 0.25) is 0 Å². The predicted molar refractivity (Wildman–Crippen MR) is 196 cm³/mol. The lowest BCUT2D eigenvalue weighted by atomic mass is 9.84. The van der Waals surface area contributed by atoms with Gasteiger partial charge in [-0.1, -0.05) is 55.7 Å². The molecule has 2 fully saturated rings. The quantitative estimate of drug-likeness (QED) is 0.180. The molecule has 4 amide bonds. The number of piperidine rings is 2. The molecule has 10 nitrogen and oxygen atoms in total. The van der Waals surface area contributed by atoms with E-state index >= 15 is 0 Å². The number of aromatic nitrogens is 2. The number of benzene rings is 2. The van der Waals surface area contributed by atoms with E-state index in [1.54, 1.807) is 0 Å². The first-order chi connectivity index (χ1) is 24.9. The average molecular weight is 685 g/mol. The fraction of sp³-hybridized carbons (Fsp3) is 0.415. The molecule has 7 aliphatic rings. The summed E-state index contributed by atoms with van der Waals surface area (Å²) in [6.45, 7) is 3.04. The van der Waals surface area contributed by atoms with E-state index in [1.807, 2.05) is 48.5 Å². The first-order valence-electron chi connectivity index (χ1n) is 18.8. The number of imide groups is 2. The molecule has 0 radical (unpaired) electrons. The van der Waals surface area contributed by atoms with Gasteiger partial charge in [0.1, 0.15) is 11.4 Å². The zero-order chi connectivity index (χ0) is 34.6. The highest BCUT2D eigenvalue weighted by molar-refractivity contribution is 6.38. The Bertz CT molecular complexity index is 2000. The summed E-state index contributed by atoms with van der Waals surface area (Å²) in [4.78, 5) is 65.5. The molecule has 262 valence electrons. The predicted octanol–water partition coefficient (Wildman–Crippen LogP) is 5.56. The summed E-state index contributed by atoms with van der Waals surface area (Å²) in [6.07, 6.45) is 10.3. The van der Waals surface area contributed by atoms with Crippen LogP contribution in [0.1, 0.15) is 80.3 Å². The number of nitrogens with zero attached hydrogens (tertiary/aromatic N) is 2. The monoisotopic (exact) mass is 684 g/mol. The van der Waals surface area contributed by atoms with Gasteiger partial charge in [0.15, 0.2) is 0 Å². The summed E-state index contributed by atoms with van der Waals surface area (Å²) >= 11 is 0. The molecule has 0 aliphatic carbocycles. The van der Waals surface area contributed by atoms with Crippen molar-refractivity contribution in [2.45, 2.75) is 70.6 Å². The molecule has 0 unspecified atom stereocenters. The van der Waals surface area contributed by atoms with Crippen LogP contribution in [0.5, 0.6) is 0 Å². The number of para-hydroxylation sites is 2. The number of aromatic amines is 2. The number of carbonyl (C=O) groups is 4. The molecule has 0 saturated carbocycles. The first-order valence-corrected chi connectivity index (χ1v) is 18.8. The van der Waals surface area contributed by atoms with Crippen LogP contribution < -0.4 is 10.6 Å². The van der Waals surface area contributed by atoms with E-state index in [2.05, 4.69) is 30.4 Å². The molecule has 51 heavy (non-hydrogen) atoms. The number of rotatable bonds is 0. The fourth-order valence-electron chi connectivity index (χ4n) is 9.44. The van der Waals surface area contributed by atoms with Crippen LogP contribution in [0.3, 0.4) is 0 Å². The van der Waals surface area contributed by atoms with Crippen LogP contribution in [0, 0.1) is 11.8 Å². The lowest BCUT2D eigenvalue weighted by Crippen LogP contribution is -2.38. The van der Waals surface area contributed by atoms with E-state index in [0.717, 1.165) is 141 Å². The zero-order valence-electron chi connectivity index (χ0n) is 28.9. The maximum atomic E-state index is 13.6. The van der Waals surface area contributed by atoms with Crippen molar-refractivity contribution >= 4 is 56.6 Å². The molecular weight excluding hydrogens is 640 g/mol. The van der Waals surface area contributed by atoms with E-state index in [1.165, 1.54) is 0 Å². The second-order valence-electron chi connectivity index (χ2n) is 15.1. The smallest absolute Gasteiger partial charge is 0.275 e. The summed E-state index contributed by atoms with van der Waals surface area (Å²) < 4.78 is 0. The van der Waals surface area contributed by atoms with E-state index in [4.69, 9.17) is 0 Å². The number of H-pyrrole nitrogens is 2. The number of hydrogen-bond donors (Lipinski definition) is 4. The van der Waals surface area contributed by atoms with Gasteiger partial charge >= 0.3 is 0 Å². The molecule has 0 atom stereocenters. The molecule has 10 heteroatoms. The molecule has 9 heterocycles. The Labute approximate surface area is 296 Å². The van der Waals surface area contributed by atoms with E-state index < -0.39 is 0 Å². The van der Waals surface area contributed by atoms with Crippen molar-refractivity contribution in [1.82, 2.24) is 30.4 Å². The second-order valence-corrected chi connectivity index (χ2v) is 15.1. The number of aryl methyl sites for hydroxylation is 2. The Kier molecular flexibility index (Phi) is 8.05. The number of fused-ring (bicyclic) bond motifs is 4. The summed E-state index contributed by atoms with van der Waals surface area (Å²) in [7, 11) is 0. The molecule has 2 aromatic heterocycles. The van der Waals surface area contributed by atoms with Gasteiger partial charge in [-0.15, -0.1) is 0 Å². The zero-order valence-corrected chi connectivity index (χ0v) is 28.9. The third-order valence-corrected chi connectivity index (χ3v) is 12.1. The molecule has 0 spiro atoms. The van der Waals surface area contributed by atoms with Crippen molar-refractivity contribution in [3.63, 3.8) is 0 Å². The number of amides is 4. The Balaban J connectivity index is 1.09. The van der Waals surface area contributed by atoms with E-state index in [0.29, 0.717) is 34.4 Å². The lowest BCUT2D eigenvalue weighted by Gasteiger charge is -2.36. The minimum Gasteiger partial charge on any atom is -0.366 e. The van der Waals surface area contributed by atoms with E-state index in [-0.39, 0.29) is 23.6 Å². The molecule has 2 saturated heterocycles. The highest BCUT2D eigenvalue weighted by Gasteiger charge is 2.40. The van der Waals surface area contributed by atoms with Crippen LogP contribution in [0.15, 0.2) is 59.9 Å². The van der Waals surface area contributed by atoms with Gasteiger partial charge in [0.2, 0.25) is 0 Å². The van der Waals surface area contributed by atoms with Gasteiger partial charge in [0.05, 0.1) is 11.1 Å². The highest BCUT2D eigenvalue weighted by Crippen LogP contribution is 2.40. The molecule has 4 bridgehead atoms. The standard InChI is InChI=1S/C41H44N6O4/c48-38-34-32-26-8-4-6-10-28(26)42-30(32)12-2-1-3-13-31-33(27-9-5-7-11-29(27)43-31)35-37(41(51)45-39(35)49)47-22-18-25(19-23-47)15-14-24-16-20-46(21-17-24)36(34)40(50)44-38/h4-11,24-25,42-43H,1-3,12-23H2,(H,44,48,50)(H,45,49,51). The van der Waals surface area contributed by atoms with Crippen molar-refractivity contribution in [2.24, 2.45) is 11.8 Å². The summed E-state index contributed by atoms with van der Waals surface area (Å²) in [5.74, 6) is -0.0559. The topological polar surface area (TPSA) is 130 Å². The van der Waals surface area contributed by atoms with Crippen molar-refractivity contribution in [3.8, 4) is 0 Å². The summed E-state index contributed by atoms with van der Waals surface area (Å²) in [6, 6.07) is 16.1. The van der Waals surface area contributed by atoms with Gasteiger partial charge in [0, 0.05) is 70.5 Å².